The van der Waals surface area contributed by atoms with Crippen molar-refractivity contribution in [2.75, 3.05) is 33.8 Å². The van der Waals surface area contributed by atoms with Gasteiger partial charge >= 0.3 is 0 Å². The molecule has 0 bridgehead atoms. The van der Waals surface area contributed by atoms with Crippen molar-refractivity contribution in [3.8, 4) is 5.75 Å². The summed E-state index contributed by atoms with van der Waals surface area (Å²) in [5.74, 6) is -0.273. The summed E-state index contributed by atoms with van der Waals surface area (Å²) in [6.45, 7) is 7.92. The number of likely N-dealkylation sites (tertiary alicyclic amines) is 1. The molecule has 0 spiro atoms. The molecule has 1 fully saturated rings. The van der Waals surface area contributed by atoms with Crippen molar-refractivity contribution in [2.45, 2.75) is 33.2 Å². The van der Waals surface area contributed by atoms with Gasteiger partial charge in [-0.2, -0.15) is 0 Å². The number of carbonyl (C=O) groups excluding carboxylic acids is 2. The number of Topliss-reactive ketones (excluding diaryl/α,β-unsaturated/α-hetero) is 1. The van der Waals surface area contributed by atoms with Crippen LogP contribution in [0.15, 0.2) is 48.3 Å². The van der Waals surface area contributed by atoms with Gasteiger partial charge in [0.2, 0.25) is 0 Å². The van der Waals surface area contributed by atoms with Gasteiger partial charge in [-0.15, -0.1) is 0 Å². The van der Waals surface area contributed by atoms with Gasteiger partial charge in [0.05, 0.1) is 38.9 Å². The molecular weight excluding hydrogens is 418 g/mol. The maximum Gasteiger partial charge on any atom is 0.295 e. The Labute approximate surface area is 195 Å². The number of H-pyrrole nitrogens is 1. The van der Waals surface area contributed by atoms with Gasteiger partial charge < -0.3 is 19.6 Å². The fourth-order valence-electron chi connectivity index (χ4n) is 4.04. The molecule has 3 rings (SSSR count). The normalized spacial score (nSPS) is 17.9. The summed E-state index contributed by atoms with van der Waals surface area (Å²) in [4.78, 5) is 32.0. The number of benzene rings is 1. The standard InChI is InChI=1S/C26H33N3O4/c1-17(2)16-33-20-7-8-21(18(3)15-20)24(30)22-23(19-9-11-27-12-10-19)29(26(32)25(22)31)14-6-13-28(4)5/h7-12,15,17,23,30H,6,13-14,16H2,1-5H3/p+2. The van der Waals surface area contributed by atoms with E-state index in [1.165, 1.54) is 4.90 Å². The number of aromatic amines is 1. The Morgan fingerprint density at radius 3 is 2.48 bits per heavy atom. The second-order valence-corrected chi connectivity index (χ2v) is 9.32. The maximum atomic E-state index is 13.1. The zero-order chi connectivity index (χ0) is 24.1. The lowest BCUT2D eigenvalue weighted by atomic mass is 9.94. The SMILES string of the molecule is Cc1cc(OCC(C)C)ccc1C(O)=C1C(=O)C(=O)N(CCC[NH+](C)C)C1c1cc[nH+]cc1. The number of ether oxygens (including phenoxy) is 1. The topological polar surface area (TPSA) is 85.4 Å². The highest BCUT2D eigenvalue weighted by atomic mass is 16.5. The quantitative estimate of drug-likeness (QED) is 0.345. The van der Waals surface area contributed by atoms with Gasteiger partial charge in [-0.3, -0.25) is 9.59 Å². The number of aryl methyl sites for hydroxylation is 1. The minimum absolute atomic E-state index is 0.127. The molecule has 33 heavy (non-hydrogen) atoms. The average Bonchev–Trinajstić information content (AvgIpc) is 3.02. The number of aromatic nitrogens is 1. The zero-order valence-corrected chi connectivity index (χ0v) is 20.1. The van der Waals surface area contributed by atoms with E-state index in [9.17, 15) is 14.7 Å². The Balaban J connectivity index is 2.02. The third-order valence-corrected chi connectivity index (χ3v) is 5.71. The molecule has 2 aromatic rings. The highest BCUT2D eigenvalue weighted by Gasteiger charge is 2.46. The van der Waals surface area contributed by atoms with E-state index >= 15 is 0 Å². The predicted octanol–water partition coefficient (Wildman–Crippen LogP) is 1.80. The van der Waals surface area contributed by atoms with Crippen LogP contribution >= 0.6 is 0 Å². The first-order valence-electron chi connectivity index (χ1n) is 11.5. The fraction of sp³-hybridized carbons (Fsp3) is 0.423. The molecule has 0 saturated carbocycles. The van der Waals surface area contributed by atoms with Crippen molar-refractivity contribution >= 4 is 17.4 Å². The van der Waals surface area contributed by atoms with E-state index in [1.54, 1.807) is 29.4 Å². The number of amides is 1. The van der Waals surface area contributed by atoms with Crippen LogP contribution in [0, 0.1) is 12.8 Å². The molecule has 1 aromatic heterocycles. The second-order valence-electron chi connectivity index (χ2n) is 9.32. The number of pyridine rings is 1. The highest BCUT2D eigenvalue weighted by Crippen LogP contribution is 2.39. The van der Waals surface area contributed by atoms with E-state index in [4.69, 9.17) is 4.74 Å². The van der Waals surface area contributed by atoms with Crippen LogP contribution in [-0.2, 0) is 9.59 Å². The van der Waals surface area contributed by atoms with Gasteiger partial charge in [-0.1, -0.05) is 13.8 Å². The average molecular weight is 454 g/mol. The summed E-state index contributed by atoms with van der Waals surface area (Å²) < 4.78 is 5.79. The van der Waals surface area contributed by atoms with Gasteiger partial charge in [0, 0.05) is 30.7 Å². The van der Waals surface area contributed by atoms with Crippen LogP contribution in [0.1, 0.15) is 43.0 Å². The number of hydrogen-bond acceptors (Lipinski definition) is 4. The monoisotopic (exact) mass is 453 g/mol. The van der Waals surface area contributed by atoms with Crippen molar-refractivity contribution in [3.05, 3.63) is 65.0 Å². The molecule has 7 nitrogen and oxygen atoms in total. The van der Waals surface area contributed by atoms with Crippen molar-refractivity contribution in [2.24, 2.45) is 5.92 Å². The first-order valence-corrected chi connectivity index (χ1v) is 11.5. The number of rotatable bonds is 9. The lowest BCUT2D eigenvalue weighted by Gasteiger charge is -2.25. The molecule has 1 aromatic carbocycles. The molecule has 1 unspecified atom stereocenters. The molecule has 0 radical (unpaired) electrons. The van der Waals surface area contributed by atoms with Gasteiger partial charge in [-0.25, -0.2) is 4.98 Å². The smallest absolute Gasteiger partial charge is 0.295 e. The number of carbonyl (C=O) groups is 2. The Morgan fingerprint density at radius 2 is 1.88 bits per heavy atom. The largest absolute Gasteiger partial charge is 0.507 e. The molecule has 176 valence electrons. The van der Waals surface area contributed by atoms with Crippen molar-refractivity contribution in [3.63, 3.8) is 0 Å². The third kappa shape index (κ3) is 5.60. The lowest BCUT2D eigenvalue weighted by molar-refractivity contribution is -0.858. The minimum atomic E-state index is -0.651. The zero-order valence-electron chi connectivity index (χ0n) is 20.1. The number of aliphatic hydroxyl groups excluding tert-OH is 1. The number of nitrogens with zero attached hydrogens (tertiary/aromatic N) is 1. The number of hydrogen-bond donors (Lipinski definition) is 2. The van der Waals surface area contributed by atoms with Gasteiger partial charge in [-0.05, 0) is 42.2 Å². The number of aliphatic hydroxyl groups is 1. The minimum Gasteiger partial charge on any atom is -0.507 e. The second kappa shape index (κ2) is 10.6. The number of quaternary nitrogens is 1. The lowest BCUT2D eigenvalue weighted by Crippen LogP contribution is -3.05. The molecule has 3 N–H and O–H groups in total. The number of nitrogens with one attached hydrogen (secondary N) is 2. The van der Waals surface area contributed by atoms with Crippen LogP contribution in [0.4, 0.5) is 0 Å². The van der Waals surface area contributed by atoms with Gasteiger partial charge in [0.15, 0.2) is 12.4 Å². The van der Waals surface area contributed by atoms with Crippen LogP contribution in [0.3, 0.4) is 0 Å². The molecule has 1 aliphatic rings. The molecule has 1 saturated heterocycles. The van der Waals surface area contributed by atoms with Crippen molar-refractivity contribution in [1.82, 2.24) is 4.90 Å². The van der Waals surface area contributed by atoms with Crippen LogP contribution < -0.4 is 14.6 Å². The van der Waals surface area contributed by atoms with Crippen LogP contribution in [-0.4, -0.2) is 55.5 Å². The number of ketones is 1. The van der Waals surface area contributed by atoms with Gasteiger partial charge in [0.1, 0.15) is 11.5 Å². The van der Waals surface area contributed by atoms with E-state index in [1.807, 2.05) is 25.1 Å². The molecule has 1 atom stereocenters. The summed E-state index contributed by atoms with van der Waals surface area (Å²) in [5.41, 5.74) is 2.20. The fourth-order valence-corrected chi connectivity index (χ4v) is 4.04. The van der Waals surface area contributed by atoms with E-state index in [0.717, 1.165) is 24.1 Å². The molecule has 7 heteroatoms. The van der Waals surface area contributed by atoms with Crippen molar-refractivity contribution < 1.29 is 29.3 Å². The van der Waals surface area contributed by atoms with Crippen LogP contribution in [0.25, 0.3) is 5.76 Å². The maximum absolute atomic E-state index is 13.1. The summed E-state index contributed by atoms with van der Waals surface area (Å²) in [7, 11) is 4.10. The highest BCUT2D eigenvalue weighted by molar-refractivity contribution is 6.46. The van der Waals surface area contributed by atoms with E-state index < -0.39 is 17.7 Å². The predicted molar refractivity (Wildman–Crippen MR) is 126 cm³/mol. The van der Waals surface area contributed by atoms with Crippen LogP contribution in [0.2, 0.25) is 0 Å². The summed E-state index contributed by atoms with van der Waals surface area (Å²) >= 11 is 0. The summed E-state index contributed by atoms with van der Waals surface area (Å²) in [6, 6.07) is 8.42. The molecule has 2 heterocycles. The third-order valence-electron chi connectivity index (χ3n) is 5.71. The van der Waals surface area contributed by atoms with Crippen LogP contribution in [0.5, 0.6) is 5.75 Å². The Bertz CT molecular complexity index is 1030. The van der Waals surface area contributed by atoms with Gasteiger partial charge in [0.25, 0.3) is 11.7 Å². The Kier molecular flexibility index (Phi) is 7.87. The Hall–Kier alpha value is -3.19. The van der Waals surface area contributed by atoms with Crippen molar-refractivity contribution in [1.29, 1.82) is 0 Å². The molecular formula is C26H35N3O4+2. The van der Waals surface area contributed by atoms with E-state index in [0.29, 0.717) is 30.4 Å². The molecule has 1 aliphatic heterocycles. The first kappa shape index (κ1) is 24.5. The van der Waals surface area contributed by atoms with E-state index in [-0.39, 0.29) is 11.3 Å². The molecule has 1 amide bonds. The summed E-state index contributed by atoms with van der Waals surface area (Å²) in [6.07, 6.45) is 4.27. The first-order chi connectivity index (χ1) is 15.7. The van der Waals surface area contributed by atoms with E-state index in [2.05, 4.69) is 32.9 Å². The Morgan fingerprint density at radius 1 is 1.18 bits per heavy atom. The summed E-state index contributed by atoms with van der Waals surface area (Å²) in [5, 5.41) is 11.3. The molecule has 0 aliphatic carbocycles.